The maximum Gasteiger partial charge on any atom is 0.239 e. The topological polar surface area (TPSA) is 75.3 Å². The van der Waals surface area contributed by atoms with E-state index in [0.717, 1.165) is 32.1 Å². The first-order chi connectivity index (χ1) is 10.6. The number of likely N-dealkylation sites (N-methyl/N-ethyl adjacent to an activating group) is 1. The van der Waals surface area contributed by atoms with Crippen LogP contribution in [0.1, 0.15) is 78.1 Å². The van der Waals surface area contributed by atoms with Crippen LogP contribution in [0.4, 0.5) is 0 Å². The van der Waals surface area contributed by atoms with Gasteiger partial charge in [0.1, 0.15) is 5.78 Å². The van der Waals surface area contributed by atoms with Gasteiger partial charge in [-0.1, -0.05) is 38.5 Å². The molecule has 128 valence electrons. The SMILES string of the molecule is CCNC(=O)CNC(=O)CCCCCCCCCCC(C)=O. The third kappa shape index (κ3) is 15.0. The van der Waals surface area contributed by atoms with Gasteiger partial charge in [-0.2, -0.15) is 0 Å². The second-order valence-corrected chi connectivity index (χ2v) is 5.76. The first kappa shape index (κ1) is 20.6. The van der Waals surface area contributed by atoms with Crippen LogP contribution in [0.25, 0.3) is 0 Å². The Labute approximate surface area is 134 Å². The summed E-state index contributed by atoms with van der Waals surface area (Å²) < 4.78 is 0. The van der Waals surface area contributed by atoms with E-state index in [1.165, 1.54) is 19.3 Å². The van der Waals surface area contributed by atoms with Gasteiger partial charge < -0.3 is 15.4 Å². The molecular weight excluding hydrogens is 280 g/mol. The number of hydrogen-bond donors (Lipinski definition) is 2. The van der Waals surface area contributed by atoms with E-state index in [0.29, 0.717) is 19.4 Å². The average molecular weight is 312 g/mol. The van der Waals surface area contributed by atoms with Crippen LogP contribution in [0.15, 0.2) is 0 Å². The molecule has 2 amide bonds. The van der Waals surface area contributed by atoms with Crippen molar-refractivity contribution in [2.24, 2.45) is 0 Å². The third-order valence-corrected chi connectivity index (χ3v) is 3.50. The molecule has 0 aromatic carbocycles. The fourth-order valence-electron chi connectivity index (χ4n) is 2.25. The highest BCUT2D eigenvalue weighted by molar-refractivity contribution is 5.84. The van der Waals surface area contributed by atoms with Crippen molar-refractivity contribution in [1.29, 1.82) is 0 Å². The molecular formula is C17H32N2O3. The minimum atomic E-state index is -0.138. The van der Waals surface area contributed by atoms with Crippen molar-refractivity contribution < 1.29 is 14.4 Å². The van der Waals surface area contributed by atoms with Crippen LogP contribution >= 0.6 is 0 Å². The van der Waals surface area contributed by atoms with Crippen LogP contribution in [0.5, 0.6) is 0 Å². The van der Waals surface area contributed by atoms with Crippen molar-refractivity contribution >= 4 is 17.6 Å². The first-order valence-electron chi connectivity index (χ1n) is 8.59. The molecule has 0 bridgehead atoms. The minimum Gasteiger partial charge on any atom is -0.355 e. The predicted octanol–water partition coefficient (Wildman–Crippen LogP) is 2.73. The molecule has 0 saturated heterocycles. The number of unbranched alkanes of at least 4 members (excludes halogenated alkanes) is 7. The molecule has 0 atom stereocenters. The predicted molar refractivity (Wildman–Crippen MR) is 88.5 cm³/mol. The van der Waals surface area contributed by atoms with Crippen LogP contribution in [-0.2, 0) is 14.4 Å². The van der Waals surface area contributed by atoms with E-state index < -0.39 is 0 Å². The molecule has 0 aliphatic carbocycles. The van der Waals surface area contributed by atoms with Gasteiger partial charge in [0.2, 0.25) is 11.8 Å². The molecule has 0 fully saturated rings. The van der Waals surface area contributed by atoms with Gasteiger partial charge in [0, 0.05) is 19.4 Å². The van der Waals surface area contributed by atoms with Crippen LogP contribution in [0, 0.1) is 0 Å². The van der Waals surface area contributed by atoms with Crippen LogP contribution in [-0.4, -0.2) is 30.7 Å². The van der Waals surface area contributed by atoms with E-state index in [2.05, 4.69) is 10.6 Å². The number of rotatable bonds is 14. The highest BCUT2D eigenvalue weighted by Crippen LogP contribution is 2.10. The monoisotopic (exact) mass is 312 g/mol. The van der Waals surface area contributed by atoms with Crippen molar-refractivity contribution in [1.82, 2.24) is 10.6 Å². The molecule has 0 saturated carbocycles. The molecule has 0 radical (unpaired) electrons. The Bertz CT molecular complexity index is 330. The Morgan fingerprint density at radius 2 is 1.18 bits per heavy atom. The van der Waals surface area contributed by atoms with Gasteiger partial charge in [-0.3, -0.25) is 9.59 Å². The first-order valence-corrected chi connectivity index (χ1v) is 8.59. The lowest BCUT2D eigenvalue weighted by Gasteiger charge is -2.05. The molecule has 0 aromatic heterocycles. The van der Waals surface area contributed by atoms with E-state index in [1.807, 2.05) is 6.92 Å². The van der Waals surface area contributed by atoms with Crippen molar-refractivity contribution in [2.75, 3.05) is 13.1 Å². The third-order valence-electron chi connectivity index (χ3n) is 3.50. The van der Waals surface area contributed by atoms with Crippen molar-refractivity contribution in [3.63, 3.8) is 0 Å². The largest absolute Gasteiger partial charge is 0.355 e. The number of amides is 2. The molecule has 5 heteroatoms. The number of carbonyl (C=O) groups excluding carboxylic acids is 3. The molecule has 22 heavy (non-hydrogen) atoms. The Balaban J connectivity index is 3.26. The van der Waals surface area contributed by atoms with Crippen molar-refractivity contribution in [3.05, 3.63) is 0 Å². The van der Waals surface area contributed by atoms with Crippen molar-refractivity contribution in [2.45, 2.75) is 78.1 Å². The van der Waals surface area contributed by atoms with Crippen molar-refractivity contribution in [3.8, 4) is 0 Å². The lowest BCUT2D eigenvalue weighted by molar-refractivity contribution is -0.126. The zero-order valence-electron chi connectivity index (χ0n) is 14.2. The van der Waals surface area contributed by atoms with E-state index >= 15 is 0 Å². The minimum absolute atomic E-state index is 0.0458. The van der Waals surface area contributed by atoms with Crippen LogP contribution < -0.4 is 10.6 Å². The number of hydrogen-bond acceptors (Lipinski definition) is 3. The summed E-state index contributed by atoms with van der Waals surface area (Å²) in [6.45, 7) is 4.16. The molecule has 0 unspecified atom stereocenters. The summed E-state index contributed by atoms with van der Waals surface area (Å²) in [5, 5.41) is 5.26. The molecule has 0 rings (SSSR count). The summed E-state index contributed by atoms with van der Waals surface area (Å²) in [5.74, 6) is 0.0987. The highest BCUT2D eigenvalue weighted by Gasteiger charge is 2.04. The summed E-state index contributed by atoms with van der Waals surface area (Å²) in [6.07, 6.45) is 10.1. The van der Waals surface area contributed by atoms with Crippen LogP contribution in [0.3, 0.4) is 0 Å². The van der Waals surface area contributed by atoms with Gasteiger partial charge in [-0.25, -0.2) is 0 Å². The highest BCUT2D eigenvalue weighted by atomic mass is 16.2. The number of Topliss-reactive ketones (excluding diaryl/α,β-unsaturated/α-hetero) is 1. The fraction of sp³-hybridized carbons (Fsp3) is 0.824. The van der Waals surface area contributed by atoms with Gasteiger partial charge in [-0.05, 0) is 26.7 Å². The average Bonchev–Trinajstić information content (AvgIpc) is 2.47. The molecule has 2 N–H and O–H groups in total. The lowest BCUT2D eigenvalue weighted by atomic mass is 10.1. The Morgan fingerprint density at radius 3 is 1.68 bits per heavy atom. The Morgan fingerprint density at radius 1 is 0.682 bits per heavy atom. The van der Waals surface area contributed by atoms with E-state index in [-0.39, 0.29) is 24.1 Å². The van der Waals surface area contributed by atoms with Gasteiger partial charge in [0.25, 0.3) is 0 Å². The van der Waals surface area contributed by atoms with Gasteiger partial charge in [0.15, 0.2) is 0 Å². The number of carbonyl (C=O) groups is 3. The van der Waals surface area contributed by atoms with Crippen LogP contribution in [0.2, 0.25) is 0 Å². The van der Waals surface area contributed by atoms with Gasteiger partial charge >= 0.3 is 0 Å². The zero-order chi connectivity index (χ0) is 16.6. The fourth-order valence-corrected chi connectivity index (χ4v) is 2.25. The molecule has 5 nitrogen and oxygen atoms in total. The van der Waals surface area contributed by atoms with Gasteiger partial charge in [0.05, 0.1) is 6.54 Å². The quantitative estimate of drug-likeness (QED) is 0.484. The summed E-state index contributed by atoms with van der Waals surface area (Å²) in [5.41, 5.74) is 0. The summed E-state index contributed by atoms with van der Waals surface area (Å²) in [7, 11) is 0. The van der Waals surface area contributed by atoms with E-state index in [4.69, 9.17) is 0 Å². The Kier molecular flexibility index (Phi) is 13.6. The number of nitrogens with one attached hydrogen (secondary N) is 2. The second-order valence-electron chi connectivity index (χ2n) is 5.76. The molecule has 0 aromatic rings. The second kappa shape index (κ2) is 14.5. The smallest absolute Gasteiger partial charge is 0.239 e. The maximum absolute atomic E-state index is 11.5. The lowest BCUT2D eigenvalue weighted by Crippen LogP contribution is -2.36. The maximum atomic E-state index is 11.5. The zero-order valence-corrected chi connectivity index (χ0v) is 14.2. The molecule has 0 heterocycles. The number of ketones is 1. The normalized spacial score (nSPS) is 10.3. The van der Waals surface area contributed by atoms with E-state index in [9.17, 15) is 14.4 Å². The standard InChI is InChI=1S/C17H32N2O3/c1-3-18-17(22)14-19-16(21)13-11-9-7-5-4-6-8-10-12-15(2)20/h3-14H2,1-2H3,(H,18,22)(H,19,21). The summed E-state index contributed by atoms with van der Waals surface area (Å²) in [4.78, 5) is 33.4. The summed E-state index contributed by atoms with van der Waals surface area (Å²) in [6, 6.07) is 0. The summed E-state index contributed by atoms with van der Waals surface area (Å²) >= 11 is 0. The molecule has 0 aliphatic rings. The Hall–Kier alpha value is -1.39. The molecule has 0 aliphatic heterocycles. The van der Waals surface area contributed by atoms with Gasteiger partial charge in [-0.15, -0.1) is 0 Å². The van der Waals surface area contributed by atoms with E-state index in [1.54, 1.807) is 6.92 Å². The molecule has 0 spiro atoms.